The molecule has 150 valence electrons. The van der Waals surface area contributed by atoms with Gasteiger partial charge in [-0.3, -0.25) is 4.79 Å². The van der Waals surface area contributed by atoms with Gasteiger partial charge in [0.05, 0.1) is 0 Å². The van der Waals surface area contributed by atoms with Crippen LogP contribution in [0.25, 0.3) is 10.1 Å². The minimum Gasteiger partial charge on any atom is -0.333 e. The number of hydrogen-bond donors (Lipinski definition) is 0. The Hall–Kier alpha value is -2.04. The maximum Gasteiger partial charge on any atom is 0.193 e. The molecule has 0 aliphatic carbocycles. The van der Waals surface area contributed by atoms with E-state index in [4.69, 9.17) is 34.8 Å². The van der Waals surface area contributed by atoms with Crippen molar-refractivity contribution >= 4 is 66.9 Å². The molecule has 1 aliphatic rings. The standard InChI is InChI=1S/C24H16Cl3NOS/c25-14-7-9-20(27)19(12-14)17-10-11-28(16-4-2-1-3-5-16)24-22(17)23(29)18-8-6-15(26)13-21(18)30-24/h1-9,12-13,17H,10-11H2. The number of fused-ring (bicyclic) bond motifs is 2. The molecule has 0 spiro atoms. The zero-order valence-electron chi connectivity index (χ0n) is 15.7. The van der Waals surface area contributed by atoms with Crippen molar-refractivity contribution in [1.29, 1.82) is 0 Å². The molecule has 0 N–H and O–H groups in total. The molecule has 1 aliphatic heterocycles. The van der Waals surface area contributed by atoms with Crippen molar-refractivity contribution in [3.05, 3.63) is 103 Å². The summed E-state index contributed by atoms with van der Waals surface area (Å²) in [6, 6.07) is 21.0. The molecule has 1 aromatic heterocycles. The summed E-state index contributed by atoms with van der Waals surface area (Å²) < 4.78 is 0.880. The number of rotatable bonds is 2. The number of anilines is 2. The van der Waals surface area contributed by atoms with Crippen LogP contribution < -0.4 is 10.3 Å². The second-order valence-electron chi connectivity index (χ2n) is 7.28. The number of para-hydroxylation sites is 1. The summed E-state index contributed by atoms with van der Waals surface area (Å²) in [4.78, 5) is 15.9. The average molecular weight is 473 g/mol. The summed E-state index contributed by atoms with van der Waals surface area (Å²) >= 11 is 20.7. The van der Waals surface area contributed by atoms with Gasteiger partial charge in [0.25, 0.3) is 0 Å². The van der Waals surface area contributed by atoms with Gasteiger partial charge in [0.15, 0.2) is 5.43 Å². The zero-order valence-corrected chi connectivity index (χ0v) is 18.8. The van der Waals surface area contributed by atoms with E-state index in [9.17, 15) is 4.79 Å². The Bertz CT molecular complexity index is 1320. The highest BCUT2D eigenvalue weighted by molar-refractivity contribution is 7.22. The lowest BCUT2D eigenvalue weighted by Gasteiger charge is -2.35. The number of nitrogens with zero attached hydrogens (tertiary/aromatic N) is 1. The Morgan fingerprint density at radius 3 is 2.43 bits per heavy atom. The summed E-state index contributed by atoms with van der Waals surface area (Å²) in [5.74, 6) is -0.116. The van der Waals surface area contributed by atoms with E-state index >= 15 is 0 Å². The predicted molar refractivity (Wildman–Crippen MR) is 129 cm³/mol. The topological polar surface area (TPSA) is 20.3 Å². The largest absolute Gasteiger partial charge is 0.333 e. The molecule has 0 saturated carbocycles. The molecule has 0 bridgehead atoms. The molecule has 1 atom stereocenters. The Morgan fingerprint density at radius 1 is 0.900 bits per heavy atom. The van der Waals surface area contributed by atoms with E-state index in [-0.39, 0.29) is 11.3 Å². The normalized spacial score (nSPS) is 16.0. The van der Waals surface area contributed by atoms with Crippen molar-refractivity contribution in [3.8, 4) is 0 Å². The van der Waals surface area contributed by atoms with Gasteiger partial charge >= 0.3 is 0 Å². The van der Waals surface area contributed by atoms with Crippen molar-refractivity contribution in [1.82, 2.24) is 0 Å². The molecule has 3 aromatic carbocycles. The van der Waals surface area contributed by atoms with Gasteiger partial charge in [0.2, 0.25) is 0 Å². The van der Waals surface area contributed by atoms with E-state index < -0.39 is 0 Å². The van der Waals surface area contributed by atoms with Crippen molar-refractivity contribution in [2.24, 2.45) is 0 Å². The first kappa shape index (κ1) is 19.9. The van der Waals surface area contributed by atoms with Crippen LogP contribution in [-0.2, 0) is 0 Å². The minimum atomic E-state index is -0.116. The van der Waals surface area contributed by atoms with E-state index in [2.05, 4.69) is 17.0 Å². The Labute approximate surface area is 193 Å². The zero-order chi connectivity index (χ0) is 20.8. The van der Waals surface area contributed by atoms with Crippen molar-refractivity contribution in [3.63, 3.8) is 0 Å². The van der Waals surface area contributed by atoms with Gasteiger partial charge in [-0.25, -0.2) is 0 Å². The third-order valence-corrected chi connectivity index (χ3v) is 7.51. The van der Waals surface area contributed by atoms with Crippen LogP contribution >= 0.6 is 46.1 Å². The fraction of sp³-hybridized carbons (Fsp3) is 0.125. The summed E-state index contributed by atoms with van der Waals surface area (Å²) in [5.41, 5.74) is 2.76. The lowest BCUT2D eigenvalue weighted by atomic mass is 9.86. The summed E-state index contributed by atoms with van der Waals surface area (Å²) in [6.45, 7) is 0.770. The van der Waals surface area contributed by atoms with E-state index in [1.165, 1.54) is 0 Å². The summed E-state index contributed by atoms with van der Waals surface area (Å²) in [6.07, 6.45) is 0.767. The van der Waals surface area contributed by atoms with Crippen LogP contribution in [0.1, 0.15) is 23.5 Å². The van der Waals surface area contributed by atoms with E-state index in [1.54, 1.807) is 29.5 Å². The molecule has 0 saturated heterocycles. The van der Waals surface area contributed by atoms with Crippen molar-refractivity contribution < 1.29 is 0 Å². The van der Waals surface area contributed by atoms with Gasteiger partial charge < -0.3 is 4.90 Å². The van der Waals surface area contributed by atoms with Gasteiger partial charge in [-0.15, -0.1) is 11.3 Å². The molecule has 4 aromatic rings. The first-order chi connectivity index (χ1) is 14.5. The first-order valence-corrected chi connectivity index (χ1v) is 11.5. The van der Waals surface area contributed by atoms with Crippen molar-refractivity contribution in [2.45, 2.75) is 12.3 Å². The minimum absolute atomic E-state index is 0.0251. The molecule has 30 heavy (non-hydrogen) atoms. The van der Waals surface area contributed by atoms with Gasteiger partial charge in [-0.2, -0.15) is 0 Å². The molecular weight excluding hydrogens is 457 g/mol. The monoisotopic (exact) mass is 471 g/mol. The number of hydrogen-bond acceptors (Lipinski definition) is 3. The van der Waals surface area contributed by atoms with Crippen LogP contribution in [-0.4, -0.2) is 6.54 Å². The predicted octanol–water partition coefficient (Wildman–Crippen LogP) is 7.90. The van der Waals surface area contributed by atoms with Crippen LogP contribution in [0, 0.1) is 0 Å². The summed E-state index contributed by atoms with van der Waals surface area (Å²) in [5, 5.41) is 3.48. The second-order valence-corrected chi connectivity index (χ2v) is 9.60. The first-order valence-electron chi connectivity index (χ1n) is 9.57. The number of halogens is 3. The molecular formula is C24H16Cl3NOS. The third kappa shape index (κ3) is 3.40. The Kier molecular flexibility index (Phi) is 5.24. The van der Waals surface area contributed by atoms with Crippen LogP contribution in [0.2, 0.25) is 15.1 Å². The Morgan fingerprint density at radius 2 is 1.63 bits per heavy atom. The molecule has 0 amide bonds. The second kappa shape index (κ2) is 7.90. The van der Waals surface area contributed by atoms with Crippen LogP contribution in [0.3, 0.4) is 0 Å². The third-order valence-electron chi connectivity index (χ3n) is 5.51. The lowest BCUT2D eigenvalue weighted by Crippen LogP contribution is -2.31. The highest BCUT2D eigenvalue weighted by atomic mass is 35.5. The molecule has 0 radical (unpaired) electrons. The van der Waals surface area contributed by atoms with Gasteiger partial charge in [0, 0.05) is 48.9 Å². The van der Waals surface area contributed by atoms with Gasteiger partial charge in [0.1, 0.15) is 5.00 Å². The molecule has 6 heteroatoms. The molecule has 0 fully saturated rings. The van der Waals surface area contributed by atoms with Crippen LogP contribution in [0.5, 0.6) is 0 Å². The van der Waals surface area contributed by atoms with Gasteiger partial charge in [-0.05, 0) is 60.5 Å². The molecule has 1 unspecified atom stereocenters. The van der Waals surface area contributed by atoms with Crippen molar-refractivity contribution in [2.75, 3.05) is 11.4 Å². The fourth-order valence-electron chi connectivity index (χ4n) is 4.13. The van der Waals surface area contributed by atoms with E-state index in [1.807, 2.05) is 36.4 Å². The quantitative estimate of drug-likeness (QED) is 0.295. The maximum absolute atomic E-state index is 13.7. The summed E-state index contributed by atoms with van der Waals surface area (Å²) in [7, 11) is 0. The van der Waals surface area contributed by atoms with Crippen LogP contribution in [0.15, 0.2) is 71.5 Å². The lowest BCUT2D eigenvalue weighted by molar-refractivity contribution is 0.682. The maximum atomic E-state index is 13.7. The fourth-order valence-corrected chi connectivity index (χ4v) is 6.11. The average Bonchev–Trinajstić information content (AvgIpc) is 2.75. The highest BCUT2D eigenvalue weighted by Gasteiger charge is 2.32. The Balaban J connectivity index is 1.80. The molecule has 2 heterocycles. The smallest absolute Gasteiger partial charge is 0.193 e. The highest BCUT2D eigenvalue weighted by Crippen LogP contribution is 2.46. The molecule has 5 rings (SSSR count). The number of benzene rings is 3. The molecule has 2 nitrogen and oxygen atoms in total. The van der Waals surface area contributed by atoms with Gasteiger partial charge in [-0.1, -0.05) is 53.0 Å². The van der Waals surface area contributed by atoms with Crippen LogP contribution in [0.4, 0.5) is 10.7 Å². The van der Waals surface area contributed by atoms with E-state index in [0.717, 1.165) is 39.5 Å². The van der Waals surface area contributed by atoms with E-state index in [0.29, 0.717) is 20.5 Å². The SMILES string of the molecule is O=c1c2c(sc3cc(Cl)ccc13)N(c1ccccc1)CCC2c1cc(Cl)ccc1Cl.